The fraction of sp³-hybridized carbons (Fsp3) is 0.647. The van der Waals surface area contributed by atoms with E-state index in [1.54, 1.807) is 0 Å². The molecule has 0 radical (unpaired) electrons. The van der Waals surface area contributed by atoms with Crippen LogP contribution in [0, 0.1) is 5.92 Å². The summed E-state index contributed by atoms with van der Waals surface area (Å²) < 4.78 is 5.91. The molecule has 1 heterocycles. The molecule has 3 aliphatic rings. The molecule has 2 aliphatic carbocycles. The Labute approximate surface area is 125 Å². The summed E-state index contributed by atoms with van der Waals surface area (Å²) in [6.45, 7) is 0.944. The molecular weight excluding hydrogens is 270 g/mol. The van der Waals surface area contributed by atoms with Crippen LogP contribution in [-0.2, 0) is 4.74 Å². The molecule has 3 fully saturated rings. The van der Waals surface area contributed by atoms with Crippen LogP contribution in [0.1, 0.15) is 43.6 Å². The first-order valence-corrected chi connectivity index (χ1v) is 8.31. The second kappa shape index (κ2) is 5.32. The normalized spacial score (nSPS) is 36.9. The van der Waals surface area contributed by atoms with Gasteiger partial charge in [-0.15, -0.1) is 0 Å². The Balaban J connectivity index is 1.32. The summed E-state index contributed by atoms with van der Waals surface area (Å²) in [7, 11) is 0. The minimum atomic E-state index is 0.495. The Morgan fingerprint density at radius 1 is 1.10 bits per heavy atom. The van der Waals surface area contributed by atoms with E-state index < -0.39 is 0 Å². The van der Waals surface area contributed by atoms with Gasteiger partial charge in [0.25, 0.3) is 0 Å². The van der Waals surface area contributed by atoms with Crippen molar-refractivity contribution in [1.82, 2.24) is 5.32 Å². The molecule has 0 aromatic heterocycles. The monoisotopic (exact) mass is 291 g/mol. The molecular formula is C17H22ClNO. The van der Waals surface area contributed by atoms with E-state index >= 15 is 0 Å². The predicted octanol–water partition coefficient (Wildman–Crippen LogP) is 3.74. The minimum Gasteiger partial charge on any atom is -0.376 e. The highest BCUT2D eigenvalue weighted by Gasteiger charge is 2.42. The van der Waals surface area contributed by atoms with Crippen LogP contribution < -0.4 is 5.32 Å². The summed E-state index contributed by atoms with van der Waals surface area (Å²) in [5.74, 6) is 1.48. The summed E-state index contributed by atoms with van der Waals surface area (Å²) in [5, 5.41) is 4.76. The highest BCUT2D eigenvalue weighted by atomic mass is 35.5. The van der Waals surface area contributed by atoms with Gasteiger partial charge in [-0.2, -0.15) is 0 Å². The molecule has 2 saturated carbocycles. The number of nitrogens with one attached hydrogen (secondary N) is 1. The van der Waals surface area contributed by atoms with E-state index in [1.807, 2.05) is 12.1 Å². The molecule has 1 aliphatic heterocycles. The zero-order valence-corrected chi connectivity index (χ0v) is 12.5. The second-order valence-electron chi connectivity index (χ2n) is 6.62. The summed E-state index contributed by atoms with van der Waals surface area (Å²) in [6, 6.07) is 9.54. The van der Waals surface area contributed by atoms with Crippen molar-refractivity contribution in [3.05, 3.63) is 34.9 Å². The van der Waals surface area contributed by atoms with Crippen LogP contribution in [0.5, 0.6) is 0 Å². The summed E-state index contributed by atoms with van der Waals surface area (Å²) >= 11 is 6.28. The van der Waals surface area contributed by atoms with Gasteiger partial charge in [0.05, 0.1) is 6.10 Å². The SMILES string of the molecule is Clc1ccccc1C1CC(NC2CCOC2C2CC2)C1. The molecule has 108 valence electrons. The van der Waals surface area contributed by atoms with Crippen LogP contribution >= 0.6 is 11.6 Å². The number of hydrogen-bond acceptors (Lipinski definition) is 2. The Hall–Kier alpha value is -0.570. The third-order valence-corrected chi connectivity index (χ3v) is 5.50. The van der Waals surface area contributed by atoms with E-state index in [0.29, 0.717) is 24.1 Å². The summed E-state index contributed by atoms with van der Waals surface area (Å²) in [6.07, 6.45) is 6.87. The molecule has 20 heavy (non-hydrogen) atoms. The van der Waals surface area contributed by atoms with Crippen molar-refractivity contribution in [3.8, 4) is 0 Å². The molecule has 0 bridgehead atoms. The zero-order valence-electron chi connectivity index (χ0n) is 11.7. The van der Waals surface area contributed by atoms with Gasteiger partial charge < -0.3 is 10.1 Å². The van der Waals surface area contributed by atoms with Crippen LogP contribution in [0.2, 0.25) is 5.02 Å². The van der Waals surface area contributed by atoms with E-state index in [0.717, 1.165) is 17.5 Å². The lowest BCUT2D eigenvalue weighted by molar-refractivity contribution is 0.0749. The van der Waals surface area contributed by atoms with Gasteiger partial charge >= 0.3 is 0 Å². The van der Waals surface area contributed by atoms with Gasteiger partial charge in [0.2, 0.25) is 0 Å². The third-order valence-electron chi connectivity index (χ3n) is 5.16. The van der Waals surface area contributed by atoms with E-state index in [9.17, 15) is 0 Å². The van der Waals surface area contributed by atoms with Gasteiger partial charge in [-0.25, -0.2) is 0 Å². The fourth-order valence-electron chi connectivity index (χ4n) is 3.80. The quantitative estimate of drug-likeness (QED) is 0.912. The van der Waals surface area contributed by atoms with Gasteiger partial charge in [0.1, 0.15) is 0 Å². The molecule has 0 spiro atoms. The van der Waals surface area contributed by atoms with Gasteiger partial charge in [0, 0.05) is 23.7 Å². The number of halogens is 1. The number of ether oxygens (including phenoxy) is 1. The van der Waals surface area contributed by atoms with E-state index in [4.69, 9.17) is 16.3 Å². The Morgan fingerprint density at radius 3 is 2.65 bits per heavy atom. The molecule has 4 rings (SSSR count). The average molecular weight is 292 g/mol. The van der Waals surface area contributed by atoms with Crippen LogP contribution in [0.15, 0.2) is 24.3 Å². The van der Waals surface area contributed by atoms with Crippen molar-refractivity contribution < 1.29 is 4.74 Å². The third kappa shape index (κ3) is 2.49. The minimum absolute atomic E-state index is 0.495. The first-order chi connectivity index (χ1) is 9.81. The smallest absolute Gasteiger partial charge is 0.0757 e. The molecule has 1 N–H and O–H groups in total. The fourth-order valence-corrected chi connectivity index (χ4v) is 4.09. The van der Waals surface area contributed by atoms with Crippen LogP contribution in [0.25, 0.3) is 0 Å². The molecule has 2 atom stereocenters. The van der Waals surface area contributed by atoms with Gasteiger partial charge in [-0.3, -0.25) is 0 Å². The summed E-state index contributed by atoms with van der Waals surface area (Å²) in [5.41, 5.74) is 1.33. The lowest BCUT2D eigenvalue weighted by Crippen LogP contribution is -2.49. The highest BCUT2D eigenvalue weighted by Crippen LogP contribution is 2.42. The maximum Gasteiger partial charge on any atom is 0.0757 e. The molecule has 2 nitrogen and oxygen atoms in total. The van der Waals surface area contributed by atoms with Crippen molar-refractivity contribution in [2.75, 3.05) is 6.61 Å². The molecule has 3 heteroatoms. The van der Waals surface area contributed by atoms with Crippen molar-refractivity contribution in [2.45, 2.75) is 56.2 Å². The van der Waals surface area contributed by atoms with Gasteiger partial charge in [-0.1, -0.05) is 29.8 Å². The second-order valence-corrected chi connectivity index (χ2v) is 7.03. The standard InChI is InChI=1S/C17H22ClNO/c18-15-4-2-1-3-14(15)12-9-13(10-12)19-16-7-8-20-17(16)11-5-6-11/h1-4,11-13,16-17,19H,5-10H2. The number of hydrogen-bond donors (Lipinski definition) is 1. The Bertz CT molecular complexity index is 482. The van der Waals surface area contributed by atoms with E-state index in [2.05, 4.69) is 17.4 Å². The molecule has 1 saturated heterocycles. The number of benzene rings is 1. The molecule has 2 unspecified atom stereocenters. The number of rotatable bonds is 4. The average Bonchev–Trinajstić information content (AvgIpc) is 3.15. The summed E-state index contributed by atoms with van der Waals surface area (Å²) in [4.78, 5) is 0. The first kappa shape index (κ1) is 13.1. The zero-order chi connectivity index (χ0) is 13.5. The topological polar surface area (TPSA) is 21.3 Å². The van der Waals surface area contributed by atoms with Gasteiger partial charge in [0.15, 0.2) is 0 Å². The van der Waals surface area contributed by atoms with Crippen molar-refractivity contribution >= 4 is 11.6 Å². The predicted molar refractivity (Wildman–Crippen MR) is 81.2 cm³/mol. The van der Waals surface area contributed by atoms with Crippen molar-refractivity contribution in [3.63, 3.8) is 0 Å². The largest absolute Gasteiger partial charge is 0.376 e. The lowest BCUT2D eigenvalue weighted by Gasteiger charge is -2.39. The Morgan fingerprint density at radius 2 is 1.90 bits per heavy atom. The van der Waals surface area contributed by atoms with Crippen LogP contribution in [-0.4, -0.2) is 24.8 Å². The lowest BCUT2D eigenvalue weighted by atomic mass is 9.75. The molecule has 1 aromatic carbocycles. The Kier molecular flexibility index (Phi) is 3.49. The highest BCUT2D eigenvalue weighted by molar-refractivity contribution is 6.31. The first-order valence-electron chi connectivity index (χ1n) is 7.93. The van der Waals surface area contributed by atoms with E-state index in [-0.39, 0.29) is 0 Å². The van der Waals surface area contributed by atoms with Crippen molar-refractivity contribution in [2.24, 2.45) is 5.92 Å². The van der Waals surface area contributed by atoms with Crippen molar-refractivity contribution in [1.29, 1.82) is 0 Å². The van der Waals surface area contributed by atoms with Crippen LogP contribution in [0.4, 0.5) is 0 Å². The maximum absolute atomic E-state index is 6.28. The molecule has 0 amide bonds. The molecule has 1 aromatic rings. The maximum atomic E-state index is 6.28. The van der Waals surface area contributed by atoms with Crippen LogP contribution in [0.3, 0.4) is 0 Å². The van der Waals surface area contributed by atoms with Gasteiger partial charge in [-0.05, 0) is 55.6 Å². The van der Waals surface area contributed by atoms with E-state index in [1.165, 1.54) is 37.7 Å².